The fraction of sp³-hybridized carbons (Fsp3) is 0.500. The smallest absolute Gasteiger partial charge is 0.196 e. The first-order valence-electron chi connectivity index (χ1n) is 8.11. The second-order valence-corrected chi connectivity index (χ2v) is 7.23. The fourth-order valence-electron chi connectivity index (χ4n) is 5.32. The van der Waals surface area contributed by atoms with Crippen LogP contribution in [0.15, 0.2) is 24.3 Å². The first kappa shape index (κ1) is 13.7. The van der Waals surface area contributed by atoms with Gasteiger partial charge in [-0.1, -0.05) is 12.1 Å². The largest absolute Gasteiger partial charge is 0.481 e. The van der Waals surface area contributed by atoms with Crippen LogP contribution in [0, 0.1) is 0 Å². The van der Waals surface area contributed by atoms with Gasteiger partial charge >= 0.3 is 0 Å². The Labute approximate surface area is 134 Å². The highest BCUT2D eigenvalue weighted by molar-refractivity contribution is 5.98. The van der Waals surface area contributed by atoms with Gasteiger partial charge in [0, 0.05) is 17.2 Å². The third-order valence-electron chi connectivity index (χ3n) is 6.41. The van der Waals surface area contributed by atoms with Crippen molar-refractivity contribution >= 4 is 5.78 Å². The van der Waals surface area contributed by atoms with Crippen LogP contribution < -0.4 is 4.74 Å². The highest BCUT2D eigenvalue weighted by Gasteiger charge is 2.71. The lowest BCUT2D eigenvalue weighted by molar-refractivity contribution is -0.151. The molecule has 5 heteroatoms. The summed E-state index contributed by atoms with van der Waals surface area (Å²) in [6.45, 7) is 0.685. The normalized spacial score (nSPS) is 40.0. The number of aliphatic hydroxyl groups is 2. The molecule has 5 nitrogen and oxygen atoms in total. The van der Waals surface area contributed by atoms with Crippen molar-refractivity contribution in [2.45, 2.75) is 42.6 Å². The number of benzene rings is 1. The Hall–Kier alpha value is -1.69. The van der Waals surface area contributed by atoms with Crippen LogP contribution in [0.1, 0.15) is 23.1 Å². The van der Waals surface area contributed by atoms with Crippen molar-refractivity contribution in [2.75, 3.05) is 13.6 Å². The van der Waals surface area contributed by atoms with E-state index in [2.05, 4.69) is 4.90 Å². The summed E-state index contributed by atoms with van der Waals surface area (Å²) in [6.07, 6.45) is 3.88. The molecule has 1 saturated heterocycles. The summed E-state index contributed by atoms with van der Waals surface area (Å²) in [5.74, 6) is 0.527. The van der Waals surface area contributed by atoms with Crippen LogP contribution in [0.25, 0.3) is 0 Å². The number of hydrogen-bond donors (Lipinski definition) is 2. The minimum atomic E-state index is -1.11. The SMILES string of the molecule is CN1CC[C@]23c4c5ccc(CO)c4O[C@H]2C(=O)C=CC3(O)[C@H]1C5. The topological polar surface area (TPSA) is 70.0 Å². The van der Waals surface area contributed by atoms with E-state index in [-0.39, 0.29) is 18.4 Å². The third-order valence-corrected chi connectivity index (χ3v) is 6.41. The Balaban J connectivity index is 1.89. The van der Waals surface area contributed by atoms with Crippen molar-refractivity contribution in [3.05, 3.63) is 41.0 Å². The Bertz CT molecular complexity index is 773. The van der Waals surface area contributed by atoms with Gasteiger partial charge in [-0.05, 0) is 44.1 Å². The van der Waals surface area contributed by atoms with E-state index in [1.54, 1.807) is 6.08 Å². The molecule has 2 aliphatic carbocycles. The third kappa shape index (κ3) is 1.30. The zero-order valence-electron chi connectivity index (χ0n) is 13.0. The van der Waals surface area contributed by atoms with Crippen LogP contribution in [-0.2, 0) is 23.2 Å². The zero-order chi connectivity index (χ0) is 16.0. The molecule has 4 aliphatic rings. The quantitative estimate of drug-likeness (QED) is 0.781. The van der Waals surface area contributed by atoms with E-state index < -0.39 is 17.1 Å². The molecule has 1 unspecified atom stereocenters. The number of likely N-dealkylation sites (tertiary alicyclic amines) is 1. The number of carbonyl (C=O) groups is 1. The Morgan fingerprint density at radius 2 is 2.26 bits per heavy atom. The molecule has 0 aromatic heterocycles. The molecule has 0 saturated carbocycles. The van der Waals surface area contributed by atoms with Crippen molar-refractivity contribution in [2.24, 2.45) is 0 Å². The minimum Gasteiger partial charge on any atom is -0.481 e. The van der Waals surface area contributed by atoms with Gasteiger partial charge in [-0.25, -0.2) is 0 Å². The lowest BCUT2D eigenvalue weighted by Gasteiger charge is -2.60. The first-order chi connectivity index (χ1) is 11.0. The van der Waals surface area contributed by atoms with Crippen LogP contribution in [-0.4, -0.2) is 52.2 Å². The van der Waals surface area contributed by atoms with E-state index in [0.717, 1.165) is 24.1 Å². The highest BCUT2D eigenvalue weighted by atomic mass is 16.5. The minimum absolute atomic E-state index is 0.0647. The van der Waals surface area contributed by atoms with E-state index in [1.807, 2.05) is 19.2 Å². The number of rotatable bonds is 1. The van der Waals surface area contributed by atoms with Gasteiger partial charge < -0.3 is 14.9 Å². The van der Waals surface area contributed by atoms with Crippen LogP contribution in [0.5, 0.6) is 5.75 Å². The summed E-state index contributed by atoms with van der Waals surface area (Å²) >= 11 is 0. The molecule has 5 rings (SSSR count). The molecule has 4 atom stereocenters. The lowest BCUT2D eigenvalue weighted by Crippen LogP contribution is -2.74. The molecule has 2 N–H and O–H groups in total. The van der Waals surface area contributed by atoms with Gasteiger partial charge in [0.25, 0.3) is 0 Å². The summed E-state index contributed by atoms with van der Waals surface area (Å²) in [5.41, 5.74) is 0.956. The molecule has 23 heavy (non-hydrogen) atoms. The van der Waals surface area contributed by atoms with Gasteiger partial charge in [0.1, 0.15) is 11.4 Å². The van der Waals surface area contributed by atoms with Crippen molar-refractivity contribution in [3.8, 4) is 5.75 Å². The van der Waals surface area contributed by atoms with Crippen LogP contribution in [0.2, 0.25) is 0 Å². The van der Waals surface area contributed by atoms with E-state index in [1.165, 1.54) is 6.08 Å². The van der Waals surface area contributed by atoms with Gasteiger partial charge in [0.05, 0.1) is 12.0 Å². The molecular weight excluding hydrogens is 294 g/mol. The predicted octanol–water partition coefficient (Wildman–Crippen LogP) is 0.308. The average molecular weight is 313 g/mol. The molecule has 2 aliphatic heterocycles. The Morgan fingerprint density at radius 3 is 3.04 bits per heavy atom. The summed E-state index contributed by atoms with van der Waals surface area (Å²) in [6, 6.07) is 3.83. The van der Waals surface area contributed by atoms with E-state index in [4.69, 9.17) is 4.74 Å². The average Bonchev–Trinajstić information content (AvgIpc) is 2.90. The standard InChI is InChI=1S/C18H19NO4/c1-19-7-6-17-14-10-2-3-11(9-20)15(14)23-16(17)12(21)4-5-18(17,22)13(19)8-10/h2-5,13,16,20,22H,6-9H2,1H3/t13-,16+,17+,18?/m1/s1. The summed E-state index contributed by atoms with van der Waals surface area (Å²) in [4.78, 5) is 14.7. The van der Waals surface area contributed by atoms with Crippen LogP contribution in [0.3, 0.4) is 0 Å². The van der Waals surface area contributed by atoms with Crippen molar-refractivity contribution < 1.29 is 19.7 Å². The monoisotopic (exact) mass is 313 g/mol. The van der Waals surface area contributed by atoms with Crippen LogP contribution in [0.4, 0.5) is 0 Å². The van der Waals surface area contributed by atoms with E-state index >= 15 is 0 Å². The molecule has 2 heterocycles. The summed E-state index contributed by atoms with van der Waals surface area (Å²) in [7, 11) is 2.03. The fourth-order valence-corrected chi connectivity index (χ4v) is 5.32. The van der Waals surface area contributed by atoms with Gasteiger partial charge in [0.15, 0.2) is 11.9 Å². The lowest BCUT2D eigenvalue weighted by atomic mass is 9.51. The highest BCUT2D eigenvalue weighted by Crippen LogP contribution is 2.62. The maximum Gasteiger partial charge on any atom is 0.196 e. The molecule has 1 aromatic carbocycles. The predicted molar refractivity (Wildman–Crippen MR) is 82.3 cm³/mol. The van der Waals surface area contributed by atoms with Crippen molar-refractivity contribution in [3.63, 3.8) is 0 Å². The molecule has 0 radical (unpaired) electrons. The molecule has 2 bridgehead atoms. The second-order valence-electron chi connectivity index (χ2n) is 7.23. The van der Waals surface area contributed by atoms with Gasteiger partial charge in [0.2, 0.25) is 0 Å². The number of likely N-dealkylation sites (N-methyl/N-ethyl adjacent to an activating group) is 1. The zero-order valence-corrected chi connectivity index (χ0v) is 13.0. The maximum atomic E-state index is 12.5. The molecule has 1 spiro atoms. The van der Waals surface area contributed by atoms with Crippen LogP contribution >= 0.6 is 0 Å². The van der Waals surface area contributed by atoms with Gasteiger partial charge in [-0.2, -0.15) is 0 Å². The second kappa shape index (κ2) is 4.04. The summed E-state index contributed by atoms with van der Waals surface area (Å²) in [5, 5.41) is 21.3. The molecular formula is C18H19NO4. The number of ketones is 1. The number of aliphatic hydroxyl groups excluding tert-OH is 1. The number of hydrogen-bond acceptors (Lipinski definition) is 5. The van der Waals surface area contributed by atoms with Gasteiger partial charge in [-0.3, -0.25) is 9.69 Å². The Kier molecular flexibility index (Phi) is 2.41. The number of ether oxygens (including phenoxy) is 1. The molecule has 1 fully saturated rings. The van der Waals surface area contributed by atoms with Gasteiger partial charge in [-0.15, -0.1) is 0 Å². The molecule has 0 amide bonds. The molecule has 1 aromatic rings. The molecule has 120 valence electrons. The van der Waals surface area contributed by atoms with Crippen molar-refractivity contribution in [1.82, 2.24) is 4.90 Å². The Morgan fingerprint density at radius 1 is 1.43 bits per heavy atom. The maximum absolute atomic E-state index is 12.5. The van der Waals surface area contributed by atoms with Crippen molar-refractivity contribution in [1.29, 1.82) is 0 Å². The number of nitrogens with zero attached hydrogens (tertiary/aromatic N) is 1. The first-order valence-corrected chi connectivity index (χ1v) is 8.11. The number of carbonyl (C=O) groups excluding carboxylic acids is 1. The summed E-state index contributed by atoms with van der Waals surface area (Å²) < 4.78 is 6.07. The van der Waals surface area contributed by atoms with E-state index in [0.29, 0.717) is 17.7 Å². The van der Waals surface area contributed by atoms with E-state index in [9.17, 15) is 15.0 Å². The number of piperidine rings is 1.